The molecule has 1 amide bonds. The van der Waals surface area contributed by atoms with Crippen molar-refractivity contribution in [2.24, 2.45) is 0 Å². The maximum Gasteiger partial charge on any atom is 0.270 e. The maximum atomic E-state index is 12.3. The lowest BCUT2D eigenvalue weighted by molar-refractivity contribution is 0.0950. The van der Waals surface area contributed by atoms with Crippen molar-refractivity contribution in [1.29, 1.82) is 0 Å². The number of carbonyl (C=O) groups is 1. The number of amides is 1. The van der Waals surface area contributed by atoms with Gasteiger partial charge in [0.05, 0.1) is 14.2 Å². The average molecular weight is 382 g/mol. The molecule has 6 heteroatoms. The van der Waals surface area contributed by atoms with E-state index >= 15 is 0 Å². The summed E-state index contributed by atoms with van der Waals surface area (Å²) in [6.45, 7) is 2.56. The minimum Gasteiger partial charge on any atom is -0.493 e. The van der Waals surface area contributed by atoms with Crippen molar-refractivity contribution < 1.29 is 14.3 Å². The van der Waals surface area contributed by atoms with Gasteiger partial charge in [-0.25, -0.2) is 4.98 Å². The SMILES string of the molecule is COc1ccc(CCNC(=O)c2csc(-c3ccc(C)cc3)n2)cc1OC. The zero-order valence-electron chi connectivity index (χ0n) is 15.6. The van der Waals surface area contributed by atoms with E-state index < -0.39 is 0 Å². The molecule has 0 radical (unpaired) electrons. The summed E-state index contributed by atoms with van der Waals surface area (Å²) in [6.07, 6.45) is 0.695. The predicted octanol–water partition coefficient (Wildman–Crippen LogP) is 4.11. The number of aromatic nitrogens is 1. The summed E-state index contributed by atoms with van der Waals surface area (Å²) in [5, 5.41) is 5.56. The van der Waals surface area contributed by atoms with Crippen LogP contribution < -0.4 is 14.8 Å². The van der Waals surface area contributed by atoms with Crippen molar-refractivity contribution in [3.05, 3.63) is 64.7 Å². The van der Waals surface area contributed by atoms with Gasteiger partial charge in [0.1, 0.15) is 10.7 Å². The summed E-state index contributed by atoms with van der Waals surface area (Å²) in [5.41, 5.74) is 3.73. The van der Waals surface area contributed by atoms with Gasteiger partial charge in [-0.3, -0.25) is 4.79 Å². The van der Waals surface area contributed by atoms with Crippen LogP contribution in [0.25, 0.3) is 10.6 Å². The molecule has 0 fully saturated rings. The van der Waals surface area contributed by atoms with Gasteiger partial charge < -0.3 is 14.8 Å². The monoisotopic (exact) mass is 382 g/mol. The zero-order chi connectivity index (χ0) is 19.2. The van der Waals surface area contributed by atoms with E-state index in [0.29, 0.717) is 30.2 Å². The van der Waals surface area contributed by atoms with Crippen LogP contribution in [0.2, 0.25) is 0 Å². The van der Waals surface area contributed by atoms with Gasteiger partial charge in [-0.15, -0.1) is 11.3 Å². The van der Waals surface area contributed by atoms with Gasteiger partial charge in [0.15, 0.2) is 11.5 Å². The molecule has 1 aromatic heterocycles. The average Bonchev–Trinajstić information content (AvgIpc) is 3.18. The third kappa shape index (κ3) is 4.65. The second-order valence-corrected chi connectivity index (χ2v) is 6.96. The van der Waals surface area contributed by atoms with Gasteiger partial charge in [0.2, 0.25) is 0 Å². The first kappa shape index (κ1) is 18.9. The Labute approximate surface area is 163 Å². The summed E-state index contributed by atoms with van der Waals surface area (Å²) in [6, 6.07) is 13.9. The summed E-state index contributed by atoms with van der Waals surface area (Å²) in [4.78, 5) is 16.8. The first-order chi connectivity index (χ1) is 13.1. The highest BCUT2D eigenvalue weighted by Crippen LogP contribution is 2.27. The number of ether oxygens (including phenoxy) is 2. The van der Waals surface area contributed by atoms with Crippen molar-refractivity contribution >= 4 is 17.2 Å². The minimum absolute atomic E-state index is 0.162. The number of methoxy groups -OCH3 is 2. The van der Waals surface area contributed by atoms with E-state index in [1.54, 1.807) is 19.6 Å². The topological polar surface area (TPSA) is 60.5 Å². The van der Waals surface area contributed by atoms with E-state index in [1.807, 2.05) is 49.4 Å². The van der Waals surface area contributed by atoms with E-state index in [2.05, 4.69) is 10.3 Å². The molecule has 0 aliphatic carbocycles. The third-order valence-electron chi connectivity index (χ3n) is 4.18. The highest BCUT2D eigenvalue weighted by Gasteiger charge is 2.12. The number of hydrogen-bond donors (Lipinski definition) is 1. The Morgan fingerprint density at radius 3 is 2.52 bits per heavy atom. The third-order valence-corrected chi connectivity index (χ3v) is 5.07. The first-order valence-corrected chi connectivity index (χ1v) is 9.50. The lowest BCUT2D eigenvalue weighted by Crippen LogP contribution is -2.25. The fraction of sp³-hybridized carbons (Fsp3) is 0.238. The quantitative estimate of drug-likeness (QED) is 0.668. The van der Waals surface area contributed by atoms with Crippen LogP contribution in [0.15, 0.2) is 47.8 Å². The molecular formula is C21H22N2O3S. The second kappa shape index (κ2) is 8.68. The summed E-state index contributed by atoms with van der Waals surface area (Å²) < 4.78 is 10.5. The molecule has 3 aromatic rings. The number of aryl methyl sites for hydroxylation is 1. The van der Waals surface area contributed by atoms with Gasteiger partial charge in [-0.2, -0.15) is 0 Å². The maximum absolute atomic E-state index is 12.3. The molecule has 0 aliphatic heterocycles. The summed E-state index contributed by atoms with van der Waals surface area (Å²) in [5.74, 6) is 1.21. The van der Waals surface area contributed by atoms with Crippen LogP contribution in [0.5, 0.6) is 11.5 Å². The number of benzene rings is 2. The van der Waals surface area contributed by atoms with Crippen molar-refractivity contribution in [2.45, 2.75) is 13.3 Å². The molecule has 0 atom stereocenters. The van der Waals surface area contributed by atoms with Crippen LogP contribution in [0.1, 0.15) is 21.6 Å². The number of nitrogens with zero attached hydrogens (tertiary/aromatic N) is 1. The molecule has 0 aliphatic rings. The van der Waals surface area contributed by atoms with Crippen molar-refractivity contribution in [2.75, 3.05) is 20.8 Å². The van der Waals surface area contributed by atoms with Gasteiger partial charge in [-0.1, -0.05) is 35.9 Å². The van der Waals surface area contributed by atoms with E-state index in [0.717, 1.165) is 16.1 Å². The Bertz CT molecular complexity index is 919. The van der Waals surface area contributed by atoms with Crippen molar-refractivity contribution in [3.8, 4) is 22.1 Å². The molecule has 1 heterocycles. The lowest BCUT2D eigenvalue weighted by Gasteiger charge is -2.09. The van der Waals surface area contributed by atoms with E-state index in [9.17, 15) is 4.79 Å². The van der Waals surface area contributed by atoms with Crippen molar-refractivity contribution in [3.63, 3.8) is 0 Å². The first-order valence-electron chi connectivity index (χ1n) is 8.62. The molecule has 0 spiro atoms. The predicted molar refractivity (Wildman–Crippen MR) is 108 cm³/mol. The zero-order valence-corrected chi connectivity index (χ0v) is 16.4. The largest absolute Gasteiger partial charge is 0.493 e. The van der Waals surface area contributed by atoms with Crippen LogP contribution in [0.3, 0.4) is 0 Å². The fourth-order valence-corrected chi connectivity index (χ4v) is 3.46. The molecule has 0 saturated carbocycles. The lowest BCUT2D eigenvalue weighted by atomic mass is 10.1. The Hall–Kier alpha value is -2.86. The van der Waals surface area contributed by atoms with Gasteiger partial charge in [-0.05, 0) is 31.0 Å². The number of nitrogens with one attached hydrogen (secondary N) is 1. The van der Waals surface area contributed by atoms with Crippen LogP contribution in [0.4, 0.5) is 0 Å². The number of hydrogen-bond acceptors (Lipinski definition) is 5. The number of rotatable bonds is 7. The molecule has 5 nitrogen and oxygen atoms in total. The molecule has 140 valence electrons. The standard InChI is InChI=1S/C21H22N2O3S/c1-14-4-7-16(8-5-14)21-23-17(13-27-21)20(24)22-11-10-15-6-9-18(25-2)19(12-15)26-3/h4-9,12-13H,10-11H2,1-3H3,(H,22,24). The minimum atomic E-state index is -0.162. The van der Waals surface area contributed by atoms with E-state index in [-0.39, 0.29) is 5.91 Å². The van der Waals surface area contributed by atoms with Crippen LogP contribution in [0, 0.1) is 6.92 Å². The van der Waals surface area contributed by atoms with Gasteiger partial charge in [0.25, 0.3) is 5.91 Å². The molecule has 0 unspecified atom stereocenters. The molecule has 3 rings (SSSR count). The molecule has 27 heavy (non-hydrogen) atoms. The Balaban J connectivity index is 1.58. The van der Waals surface area contributed by atoms with Crippen LogP contribution in [-0.4, -0.2) is 31.7 Å². The Morgan fingerprint density at radius 2 is 1.81 bits per heavy atom. The molecule has 0 saturated heterocycles. The van der Waals surface area contributed by atoms with Gasteiger partial charge >= 0.3 is 0 Å². The summed E-state index contributed by atoms with van der Waals surface area (Å²) >= 11 is 1.47. The molecule has 0 bridgehead atoms. The second-order valence-electron chi connectivity index (χ2n) is 6.10. The summed E-state index contributed by atoms with van der Waals surface area (Å²) in [7, 11) is 3.22. The Kier molecular flexibility index (Phi) is 6.08. The number of carbonyl (C=O) groups excluding carboxylic acids is 1. The van der Waals surface area contributed by atoms with E-state index in [1.165, 1.54) is 16.9 Å². The van der Waals surface area contributed by atoms with Crippen LogP contribution in [-0.2, 0) is 6.42 Å². The van der Waals surface area contributed by atoms with Gasteiger partial charge in [0, 0.05) is 17.5 Å². The smallest absolute Gasteiger partial charge is 0.270 e. The molecule has 2 aromatic carbocycles. The van der Waals surface area contributed by atoms with Crippen LogP contribution >= 0.6 is 11.3 Å². The molecular weight excluding hydrogens is 360 g/mol. The Morgan fingerprint density at radius 1 is 1.07 bits per heavy atom. The highest BCUT2D eigenvalue weighted by atomic mass is 32.1. The fourth-order valence-electron chi connectivity index (χ4n) is 2.65. The molecule has 1 N–H and O–H groups in total. The van der Waals surface area contributed by atoms with Crippen molar-refractivity contribution in [1.82, 2.24) is 10.3 Å². The normalized spacial score (nSPS) is 10.5. The number of thiazole rings is 1. The van der Waals surface area contributed by atoms with E-state index in [4.69, 9.17) is 9.47 Å². The highest BCUT2D eigenvalue weighted by molar-refractivity contribution is 7.13.